The van der Waals surface area contributed by atoms with Crippen molar-refractivity contribution in [3.05, 3.63) is 0 Å². The number of amides is 1. The molecule has 0 aromatic carbocycles. The number of aliphatic hydroxyl groups is 1. The number of hydrogen-bond acceptors (Lipinski definition) is 3. The summed E-state index contributed by atoms with van der Waals surface area (Å²) in [6.45, 7) is 4.73. The Morgan fingerprint density at radius 1 is 1.15 bits per heavy atom. The first-order chi connectivity index (χ1) is 9.77. The van der Waals surface area contributed by atoms with Crippen LogP contribution in [0.4, 0.5) is 0 Å². The van der Waals surface area contributed by atoms with E-state index in [1.165, 1.54) is 38.5 Å². The Morgan fingerprint density at radius 2 is 1.85 bits per heavy atom. The first-order valence-corrected chi connectivity index (χ1v) is 8.40. The van der Waals surface area contributed by atoms with Gasteiger partial charge >= 0.3 is 0 Å². The molecule has 1 aliphatic carbocycles. The molecule has 0 aromatic rings. The van der Waals surface area contributed by atoms with Crippen LogP contribution in [0.3, 0.4) is 0 Å². The lowest BCUT2D eigenvalue weighted by Crippen LogP contribution is -2.35. The Bertz CT molecular complexity index is 255. The molecular formula is C16H32N2O2. The highest BCUT2D eigenvalue weighted by atomic mass is 16.3. The zero-order valence-electron chi connectivity index (χ0n) is 13.1. The molecule has 0 aliphatic heterocycles. The van der Waals surface area contributed by atoms with Crippen molar-refractivity contribution in [3.63, 3.8) is 0 Å². The predicted octanol–water partition coefficient (Wildman–Crippen LogP) is 2.31. The number of rotatable bonds is 13. The summed E-state index contributed by atoms with van der Waals surface area (Å²) in [6, 6.07) is 0.669. The van der Waals surface area contributed by atoms with E-state index >= 15 is 0 Å². The van der Waals surface area contributed by atoms with Crippen LogP contribution in [-0.4, -0.2) is 48.2 Å². The van der Waals surface area contributed by atoms with E-state index in [-0.39, 0.29) is 12.5 Å². The standard InChI is InChI=1S/C16H32N2O2/c1-2-3-4-5-6-12-18(13-7-14-19)16(20)10-11-17-15-8-9-15/h15,17,19H,2-14H2,1H3. The van der Waals surface area contributed by atoms with Gasteiger partial charge in [-0.2, -0.15) is 0 Å². The molecule has 0 unspecified atom stereocenters. The maximum absolute atomic E-state index is 12.2. The quantitative estimate of drug-likeness (QED) is 0.510. The second-order valence-electron chi connectivity index (χ2n) is 5.85. The third-order valence-electron chi connectivity index (χ3n) is 3.82. The van der Waals surface area contributed by atoms with E-state index < -0.39 is 0 Å². The van der Waals surface area contributed by atoms with Crippen LogP contribution in [0.2, 0.25) is 0 Å². The van der Waals surface area contributed by atoms with Gasteiger partial charge in [0.05, 0.1) is 0 Å². The molecule has 4 heteroatoms. The first-order valence-electron chi connectivity index (χ1n) is 8.40. The molecule has 1 rings (SSSR count). The van der Waals surface area contributed by atoms with Gasteiger partial charge in [-0.3, -0.25) is 4.79 Å². The Balaban J connectivity index is 2.15. The third kappa shape index (κ3) is 8.54. The summed E-state index contributed by atoms with van der Waals surface area (Å²) in [4.78, 5) is 14.1. The fourth-order valence-corrected chi connectivity index (χ4v) is 2.36. The molecule has 20 heavy (non-hydrogen) atoms. The van der Waals surface area contributed by atoms with Crippen molar-refractivity contribution in [2.45, 2.75) is 70.8 Å². The van der Waals surface area contributed by atoms with Crippen LogP contribution in [0.15, 0.2) is 0 Å². The van der Waals surface area contributed by atoms with Gasteiger partial charge in [0.25, 0.3) is 0 Å². The summed E-state index contributed by atoms with van der Waals surface area (Å²) >= 11 is 0. The number of carbonyl (C=O) groups is 1. The normalized spacial score (nSPS) is 14.5. The molecule has 0 atom stereocenters. The summed E-state index contributed by atoms with van der Waals surface area (Å²) in [5.41, 5.74) is 0. The number of nitrogens with one attached hydrogen (secondary N) is 1. The van der Waals surface area contributed by atoms with Crippen LogP contribution in [-0.2, 0) is 4.79 Å². The molecule has 0 spiro atoms. The predicted molar refractivity (Wildman–Crippen MR) is 82.7 cm³/mol. The molecule has 0 bridgehead atoms. The fraction of sp³-hybridized carbons (Fsp3) is 0.938. The molecule has 4 nitrogen and oxygen atoms in total. The molecule has 1 amide bonds. The van der Waals surface area contributed by atoms with Crippen molar-refractivity contribution < 1.29 is 9.90 Å². The van der Waals surface area contributed by atoms with E-state index in [1.807, 2.05) is 4.90 Å². The van der Waals surface area contributed by atoms with Crippen molar-refractivity contribution >= 4 is 5.91 Å². The van der Waals surface area contributed by atoms with E-state index in [0.717, 1.165) is 19.5 Å². The van der Waals surface area contributed by atoms with Gasteiger partial charge in [0, 0.05) is 38.7 Å². The molecule has 1 aliphatic rings. The number of aliphatic hydroxyl groups excluding tert-OH is 1. The summed E-state index contributed by atoms with van der Waals surface area (Å²) in [5.74, 6) is 0.238. The topological polar surface area (TPSA) is 52.6 Å². The van der Waals surface area contributed by atoms with E-state index in [1.54, 1.807) is 0 Å². The van der Waals surface area contributed by atoms with Crippen LogP contribution in [0, 0.1) is 0 Å². The molecular weight excluding hydrogens is 252 g/mol. The van der Waals surface area contributed by atoms with Crippen LogP contribution in [0.5, 0.6) is 0 Å². The molecule has 0 saturated heterocycles. The summed E-state index contributed by atoms with van der Waals surface area (Å²) < 4.78 is 0. The average Bonchev–Trinajstić information content (AvgIpc) is 3.26. The maximum Gasteiger partial charge on any atom is 0.223 e. The molecule has 0 radical (unpaired) electrons. The molecule has 2 N–H and O–H groups in total. The van der Waals surface area contributed by atoms with Gasteiger partial charge in [-0.15, -0.1) is 0 Å². The minimum atomic E-state index is 0.167. The van der Waals surface area contributed by atoms with Crippen LogP contribution < -0.4 is 5.32 Å². The lowest BCUT2D eigenvalue weighted by atomic mass is 10.1. The molecule has 118 valence electrons. The molecule has 1 fully saturated rings. The van der Waals surface area contributed by atoms with E-state index in [2.05, 4.69) is 12.2 Å². The second-order valence-corrected chi connectivity index (χ2v) is 5.85. The van der Waals surface area contributed by atoms with Crippen LogP contribution in [0.1, 0.15) is 64.7 Å². The van der Waals surface area contributed by atoms with Gasteiger partial charge in [0.15, 0.2) is 0 Å². The smallest absolute Gasteiger partial charge is 0.223 e. The van der Waals surface area contributed by atoms with Gasteiger partial charge in [-0.1, -0.05) is 32.6 Å². The highest BCUT2D eigenvalue weighted by molar-refractivity contribution is 5.76. The largest absolute Gasteiger partial charge is 0.396 e. The zero-order valence-corrected chi connectivity index (χ0v) is 13.1. The Kier molecular flexibility index (Phi) is 9.67. The lowest BCUT2D eigenvalue weighted by molar-refractivity contribution is -0.131. The number of hydrogen-bond donors (Lipinski definition) is 2. The SMILES string of the molecule is CCCCCCCN(CCCO)C(=O)CCNC1CC1. The third-order valence-corrected chi connectivity index (χ3v) is 3.82. The molecule has 0 aromatic heterocycles. The van der Waals surface area contributed by atoms with Crippen LogP contribution in [0.25, 0.3) is 0 Å². The van der Waals surface area contributed by atoms with Crippen molar-refractivity contribution in [2.24, 2.45) is 0 Å². The minimum absolute atomic E-state index is 0.167. The van der Waals surface area contributed by atoms with Gasteiger partial charge in [-0.25, -0.2) is 0 Å². The minimum Gasteiger partial charge on any atom is -0.396 e. The van der Waals surface area contributed by atoms with Crippen molar-refractivity contribution in [3.8, 4) is 0 Å². The van der Waals surface area contributed by atoms with E-state index in [4.69, 9.17) is 5.11 Å². The van der Waals surface area contributed by atoms with E-state index in [0.29, 0.717) is 25.4 Å². The van der Waals surface area contributed by atoms with Crippen molar-refractivity contribution in [1.82, 2.24) is 10.2 Å². The second kappa shape index (κ2) is 11.1. The number of carbonyl (C=O) groups excluding carboxylic acids is 1. The van der Waals surface area contributed by atoms with E-state index in [9.17, 15) is 4.79 Å². The monoisotopic (exact) mass is 284 g/mol. The van der Waals surface area contributed by atoms with Crippen molar-refractivity contribution in [1.29, 1.82) is 0 Å². The van der Waals surface area contributed by atoms with Gasteiger partial charge in [-0.05, 0) is 25.7 Å². The highest BCUT2D eigenvalue weighted by Gasteiger charge is 2.20. The van der Waals surface area contributed by atoms with Gasteiger partial charge in [0.1, 0.15) is 0 Å². The lowest BCUT2D eigenvalue weighted by Gasteiger charge is -2.22. The summed E-state index contributed by atoms with van der Waals surface area (Å²) in [5, 5.41) is 12.3. The molecule has 0 heterocycles. The van der Waals surface area contributed by atoms with Crippen LogP contribution >= 0.6 is 0 Å². The summed E-state index contributed by atoms with van der Waals surface area (Å²) in [7, 11) is 0. The summed E-state index contributed by atoms with van der Waals surface area (Å²) in [6.07, 6.45) is 9.91. The zero-order chi connectivity index (χ0) is 14.6. The van der Waals surface area contributed by atoms with Gasteiger partial charge in [0.2, 0.25) is 5.91 Å². The first kappa shape index (κ1) is 17.4. The number of unbranched alkanes of at least 4 members (excludes halogenated alkanes) is 4. The number of nitrogens with zero attached hydrogens (tertiary/aromatic N) is 1. The van der Waals surface area contributed by atoms with Crippen molar-refractivity contribution in [2.75, 3.05) is 26.2 Å². The molecule has 1 saturated carbocycles. The van der Waals surface area contributed by atoms with Gasteiger partial charge < -0.3 is 15.3 Å². The maximum atomic E-state index is 12.2. The Labute approximate surface area is 123 Å². The average molecular weight is 284 g/mol. The Hall–Kier alpha value is -0.610. The Morgan fingerprint density at radius 3 is 2.50 bits per heavy atom. The highest BCUT2D eigenvalue weighted by Crippen LogP contribution is 2.18. The fourth-order valence-electron chi connectivity index (χ4n) is 2.36.